The molecule has 2 amide bonds. The van der Waals surface area contributed by atoms with E-state index in [4.69, 9.17) is 15.2 Å². The van der Waals surface area contributed by atoms with Crippen LogP contribution in [0.15, 0.2) is 42.5 Å². The SMILES string of the molecule is COc1ccc(C(N)=O)cc1NC(=O)COc1ccccc1C. The van der Waals surface area contributed by atoms with E-state index in [2.05, 4.69) is 5.32 Å². The summed E-state index contributed by atoms with van der Waals surface area (Å²) in [4.78, 5) is 23.3. The van der Waals surface area contributed by atoms with Crippen LogP contribution in [0.1, 0.15) is 15.9 Å². The van der Waals surface area contributed by atoms with E-state index < -0.39 is 5.91 Å². The van der Waals surface area contributed by atoms with E-state index in [0.717, 1.165) is 5.56 Å². The molecule has 2 rings (SSSR count). The zero-order valence-corrected chi connectivity index (χ0v) is 13.0. The van der Waals surface area contributed by atoms with Crippen LogP contribution >= 0.6 is 0 Å². The van der Waals surface area contributed by atoms with E-state index in [1.54, 1.807) is 12.1 Å². The summed E-state index contributed by atoms with van der Waals surface area (Å²) in [7, 11) is 1.47. The van der Waals surface area contributed by atoms with Gasteiger partial charge in [0.05, 0.1) is 12.8 Å². The molecule has 0 bridgehead atoms. The van der Waals surface area contributed by atoms with E-state index in [9.17, 15) is 9.59 Å². The van der Waals surface area contributed by atoms with Crippen molar-refractivity contribution in [3.63, 3.8) is 0 Å². The smallest absolute Gasteiger partial charge is 0.262 e. The molecule has 120 valence electrons. The molecule has 0 aliphatic heterocycles. The fourth-order valence-electron chi connectivity index (χ4n) is 2.01. The standard InChI is InChI=1S/C17H18N2O4/c1-11-5-3-4-6-14(11)23-10-16(20)19-13-9-12(17(18)21)7-8-15(13)22-2/h3-9H,10H2,1-2H3,(H2,18,21)(H,19,20). The maximum absolute atomic E-state index is 12.0. The predicted octanol–water partition coefficient (Wildman–Crippen LogP) is 2.12. The predicted molar refractivity (Wildman–Crippen MR) is 86.8 cm³/mol. The second kappa shape index (κ2) is 7.31. The largest absolute Gasteiger partial charge is 0.495 e. The molecule has 23 heavy (non-hydrogen) atoms. The molecule has 0 saturated carbocycles. The Labute approximate surface area is 134 Å². The third kappa shape index (κ3) is 4.23. The number of benzene rings is 2. The lowest BCUT2D eigenvalue weighted by molar-refractivity contribution is -0.118. The van der Waals surface area contributed by atoms with Gasteiger partial charge in [0.2, 0.25) is 5.91 Å². The molecule has 0 spiro atoms. The van der Waals surface area contributed by atoms with Crippen LogP contribution in [-0.4, -0.2) is 25.5 Å². The van der Waals surface area contributed by atoms with Gasteiger partial charge in [-0.05, 0) is 36.8 Å². The Kier molecular flexibility index (Phi) is 5.19. The van der Waals surface area contributed by atoms with Crippen LogP contribution in [0.5, 0.6) is 11.5 Å². The van der Waals surface area contributed by atoms with Crippen LogP contribution in [0.2, 0.25) is 0 Å². The molecule has 0 radical (unpaired) electrons. The summed E-state index contributed by atoms with van der Waals surface area (Å²) in [6, 6.07) is 12.0. The van der Waals surface area contributed by atoms with Crippen molar-refractivity contribution < 1.29 is 19.1 Å². The van der Waals surface area contributed by atoms with Gasteiger partial charge < -0.3 is 20.5 Å². The fraction of sp³-hybridized carbons (Fsp3) is 0.176. The topological polar surface area (TPSA) is 90.6 Å². The Morgan fingerprint density at radius 2 is 1.87 bits per heavy atom. The van der Waals surface area contributed by atoms with Crippen LogP contribution < -0.4 is 20.5 Å². The number of ether oxygens (including phenoxy) is 2. The maximum atomic E-state index is 12.0. The number of methoxy groups -OCH3 is 1. The highest BCUT2D eigenvalue weighted by Gasteiger charge is 2.11. The summed E-state index contributed by atoms with van der Waals surface area (Å²) >= 11 is 0. The van der Waals surface area contributed by atoms with Crippen molar-refractivity contribution in [1.82, 2.24) is 0 Å². The quantitative estimate of drug-likeness (QED) is 0.854. The average molecular weight is 314 g/mol. The van der Waals surface area contributed by atoms with Gasteiger partial charge in [-0.1, -0.05) is 18.2 Å². The summed E-state index contributed by atoms with van der Waals surface area (Å²) in [6.07, 6.45) is 0. The number of carbonyl (C=O) groups is 2. The van der Waals surface area contributed by atoms with E-state index in [0.29, 0.717) is 17.2 Å². The van der Waals surface area contributed by atoms with E-state index in [1.807, 2.05) is 25.1 Å². The summed E-state index contributed by atoms with van der Waals surface area (Å²) in [6.45, 7) is 1.74. The van der Waals surface area contributed by atoms with Crippen LogP contribution in [-0.2, 0) is 4.79 Å². The number of amides is 2. The molecule has 0 aliphatic carbocycles. The summed E-state index contributed by atoms with van der Waals surface area (Å²) in [5.41, 5.74) is 6.82. The van der Waals surface area contributed by atoms with Crippen molar-refractivity contribution >= 4 is 17.5 Å². The van der Waals surface area contributed by atoms with Gasteiger partial charge in [-0.25, -0.2) is 0 Å². The molecule has 0 aliphatic rings. The number of nitrogens with one attached hydrogen (secondary N) is 1. The Balaban J connectivity index is 2.06. The third-order valence-electron chi connectivity index (χ3n) is 3.21. The summed E-state index contributed by atoms with van der Waals surface area (Å²) in [5.74, 6) is 0.118. The minimum absolute atomic E-state index is 0.158. The number of hydrogen-bond acceptors (Lipinski definition) is 4. The lowest BCUT2D eigenvalue weighted by atomic mass is 10.1. The van der Waals surface area contributed by atoms with Gasteiger partial charge in [0, 0.05) is 5.56 Å². The van der Waals surface area contributed by atoms with Gasteiger partial charge in [-0.3, -0.25) is 9.59 Å². The van der Waals surface area contributed by atoms with Crippen LogP contribution in [0, 0.1) is 6.92 Å². The number of para-hydroxylation sites is 1. The highest BCUT2D eigenvalue weighted by atomic mass is 16.5. The van der Waals surface area contributed by atoms with E-state index in [1.165, 1.54) is 19.2 Å². The van der Waals surface area contributed by atoms with Crippen LogP contribution in [0.4, 0.5) is 5.69 Å². The molecule has 6 heteroatoms. The van der Waals surface area contributed by atoms with Crippen LogP contribution in [0.3, 0.4) is 0 Å². The van der Waals surface area contributed by atoms with Crippen molar-refractivity contribution in [2.75, 3.05) is 19.0 Å². The number of rotatable bonds is 6. The second-order valence-electron chi connectivity index (χ2n) is 4.88. The minimum Gasteiger partial charge on any atom is -0.495 e. The zero-order chi connectivity index (χ0) is 16.8. The van der Waals surface area contributed by atoms with Gasteiger partial charge in [0.15, 0.2) is 6.61 Å². The van der Waals surface area contributed by atoms with E-state index >= 15 is 0 Å². The number of hydrogen-bond donors (Lipinski definition) is 2. The first kappa shape index (κ1) is 16.4. The van der Waals surface area contributed by atoms with Gasteiger partial charge in [0.1, 0.15) is 11.5 Å². The Morgan fingerprint density at radius 3 is 2.52 bits per heavy atom. The van der Waals surface area contributed by atoms with Gasteiger partial charge in [0.25, 0.3) is 5.91 Å². The van der Waals surface area contributed by atoms with Crippen molar-refractivity contribution in [3.8, 4) is 11.5 Å². The van der Waals surface area contributed by atoms with Crippen molar-refractivity contribution in [2.24, 2.45) is 5.73 Å². The monoisotopic (exact) mass is 314 g/mol. The molecule has 0 aromatic heterocycles. The van der Waals surface area contributed by atoms with Crippen molar-refractivity contribution in [3.05, 3.63) is 53.6 Å². The molecule has 0 fully saturated rings. The number of nitrogens with two attached hydrogens (primary N) is 1. The summed E-state index contributed by atoms with van der Waals surface area (Å²) in [5, 5.41) is 2.65. The lowest BCUT2D eigenvalue weighted by Crippen LogP contribution is -2.21. The molecule has 0 saturated heterocycles. The van der Waals surface area contributed by atoms with Crippen molar-refractivity contribution in [1.29, 1.82) is 0 Å². The molecule has 0 unspecified atom stereocenters. The maximum Gasteiger partial charge on any atom is 0.262 e. The molecule has 0 heterocycles. The highest BCUT2D eigenvalue weighted by molar-refractivity contribution is 5.98. The first-order valence-electron chi connectivity index (χ1n) is 6.97. The molecule has 3 N–H and O–H groups in total. The molecule has 0 atom stereocenters. The minimum atomic E-state index is -0.584. The second-order valence-corrected chi connectivity index (χ2v) is 4.88. The average Bonchev–Trinajstić information content (AvgIpc) is 2.54. The first-order valence-corrected chi connectivity index (χ1v) is 6.97. The number of anilines is 1. The number of primary amides is 1. The zero-order valence-electron chi connectivity index (χ0n) is 13.0. The molecular weight excluding hydrogens is 296 g/mol. The van der Waals surface area contributed by atoms with E-state index in [-0.39, 0.29) is 18.1 Å². The lowest BCUT2D eigenvalue weighted by Gasteiger charge is -2.12. The Hall–Kier alpha value is -3.02. The summed E-state index contributed by atoms with van der Waals surface area (Å²) < 4.78 is 10.6. The van der Waals surface area contributed by atoms with Gasteiger partial charge >= 0.3 is 0 Å². The molecule has 6 nitrogen and oxygen atoms in total. The van der Waals surface area contributed by atoms with Gasteiger partial charge in [-0.15, -0.1) is 0 Å². The number of aryl methyl sites for hydroxylation is 1. The fourth-order valence-corrected chi connectivity index (χ4v) is 2.01. The highest BCUT2D eigenvalue weighted by Crippen LogP contribution is 2.25. The normalized spacial score (nSPS) is 10.0. The Morgan fingerprint density at radius 1 is 1.13 bits per heavy atom. The molecule has 2 aromatic rings. The van der Waals surface area contributed by atoms with Crippen LogP contribution in [0.25, 0.3) is 0 Å². The Bertz CT molecular complexity index is 728. The molecular formula is C17H18N2O4. The third-order valence-corrected chi connectivity index (χ3v) is 3.21. The molecule has 2 aromatic carbocycles. The van der Waals surface area contributed by atoms with Crippen molar-refractivity contribution in [2.45, 2.75) is 6.92 Å². The van der Waals surface area contributed by atoms with Gasteiger partial charge in [-0.2, -0.15) is 0 Å². The first-order chi connectivity index (χ1) is 11.0. The number of carbonyl (C=O) groups excluding carboxylic acids is 2.